The number of carbonyl (C=O) groups is 2. The van der Waals surface area contributed by atoms with E-state index in [-0.39, 0.29) is 33.9 Å². The number of benzene rings is 1. The largest absolute Gasteiger partial charge is 0.480 e. The summed E-state index contributed by atoms with van der Waals surface area (Å²) in [5.74, 6) is -2.05. The summed E-state index contributed by atoms with van der Waals surface area (Å²) in [5.41, 5.74) is -0.194. The fourth-order valence-electron chi connectivity index (χ4n) is 2.52. The molecule has 0 radical (unpaired) electrons. The van der Waals surface area contributed by atoms with Gasteiger partial charge < -0.3 is 15.2 Å². The van der Waals surface area contributed by atoms with Crippen LogP contribution in [0.1, 0.15) is 12.8 Å². The fraction of sp³-hybridized carbons (Fsp3) is 0.467. The van der Waals surface area contributed by atoms with Crippen LogP contribution >= 0.6 is 23.4 Å². The van der Waals surface area contributed by atoms with E-state index in [1.165, 1.54) is 18.2 Å². The molecule has 1 fully saturated rings. The molecule has 2 atom stereocenters. The van der Waals surface area contributed by atoms with E-state index in [1.807, 2.05) is 0 Å². The molecule has 2 rings (SSSR count). The molecule has 1 heterocycles. The monoisotopic (exact) mass is 388 g/mol. The zero-order chi connectivity index (χ0) is 18.4. The van der Waals surface area contributed by atoms with Crippen LogP contribution < -0.4 is 5.32 Å². The van der Waals surface area contributed by atoms with E-state index in [1.54, 1.807) is 0 Å². The Bertz CT molecular complexity index is 665. The normalized spacial score (nSPS) is 18.4. The third-order valence-corrected chi connectivity index (χ3v) is 5.02. The number of carboxylic acids is 1. The van der Waals surface area contributed by atoms with Crippen molar-refractivity contribution in [2.24, 2.45) is 5.92 Å². The molecule has 0 saturated carbocycles. The lowest BCUT2D eigenvalue weighted by atomic mass is 9.94. The Morgan fingerprint density at radius 2 is 2.28 bits per heavy atom. The number of halogens is 1. The number of thioether (sulfide) groups is 1. The van der Waals surface area contributed by atoms with Gasteiger partial charge in [-0.3, -0.25) is 14.9 Å². The summed E-state index contributed by atoms with van der Waals surface area (Å²) in [5, 5.41) is 23.1. The van der Waals surface area contributed by atoms with Crippen molar-refractivity contribution in [2.75, 3.05) is 19.0 Å². The number of hydrogen-bond acceptors (Lipinski definition) is 6. The van der Waals surface area contributed by atoms with Crippen molar-refractivity contribution in [1.29, 1.82) is 0 Å². The minimum absolute atomic E-state index is 0.139. The summed E-state index contributed by atoms with van der Waals surface area (Å²) in [4.78, 5) is 34.2. The Morgan fingerprint density at radius 3 is 2.88 bits per heavy atom. The minimum Gasteiger partial charge on any atom is -0.480 e. The van der Waals surface area contributed by atoms with Gasteiger partial charge in [0.25, 0.3) is 5.69 Å². The Balaban J connectivity index is 1.97. The smallest absolute Gasteiger partial charge is 0.326 e. The van der Waals surface area contributed by atoms with Gasteiger partial charge in [0.05, 0.1) is 22.2 Å². The Morgan fingerprint density at radius 1 is 1.52 bits per heavy atom. The number of ether oxygens (including phenoxy) is 1. The van der Waals surface area contributed by atoms with Crippen LogP contribution in [0.2, 0.25) is 5.02 Å². The molecule has 1 aliphatic heterocycles. The Kier molecular flexibility index (Phi) is 7.03. The average Bonchev–Trinajstić information content (AvgIpc) is 2.59. The van der Waals surface area contributed by atoms with Crippen LogP contribution in [0.15, 0.2) is 23.1 Å². The number of carboxylic acid groups (broad SMARTS) is 1. The van der Waals surface area contributed by atoms with Crippen LogP contribution in [-0.4, -0.2) is 46.9 Å². The summed E-state index contributed by atoms with van der Waals surface area (Å²) in [6, 6.07) is 3.13. The molecule has 0 aromatic heterocycles. The standard InChI is InChI=1S/C15H17ClN2O6S/c16-10-3-4-12(11(6-10)18(22)23)25-8-13(19)17-14(15(20)21)9-2-1-5-24-7-9/h3-4,6,9,14H,1-2,5,7-8H2,(H,17,19)(H,20,21). The molecular weight excluding hydrogens is 372 g/mol. The van der Waals surface area contributed by atoms with Crippen LogP contribution in [0.25, 0.3) is 0 Å². The van der Waals surface area contributed by atoms with E-state index in [0.717, 1.165) is 18.2 Å². The molecule has 25 heavy (non-hydrogen) atoms. The molecule has 0 aliphatic carbocycles. The number of nitro benzene ring substituents is 1. The first-order chi connectivity index (χ1) is 11.9. The third-order valence-electron chi connectivity index (χ3n) is 3.73. The molecule has 10 heteroatoms. The van der Waals surface area contributed by atoms with Gasteiger partial charge in [-0.15, -0.1) is 11.8 Å². The van der Waals surface area contributed by atoms with Crippen LogP contribution in [0.5, 0.6) is 0 Å². The second-order valence-corrected chi connectivity index (χ2v) is 6.97. The molecule has 2 unspecified atom stereocenters. The number of aliphatic carboxylic acids is 1. The fourth-order valence-corrected chi connectivity index (χ4v) is 3.51. The Labute approximate surface area is 153 Å². The van der Waals surface area contributed by atoms with Crippen molar-refractivity contribution in [1.82, 2.24) is 5.32 Å². The van der Waals surface area contributed by atoms with Crippen molar-refractivity contribution >= 4 is 40.9 Å². The summed E-state index contributed by atoms with van der Waals surface area (Å²) < 4.78 is 5.27. The summed E-state index contributed by atoms with van der Waals surface area (Å²) >= 11 is 6.70. The number of nitro groups is 1. The first kappa shape index (κ1) is 19.5. The van der Waals surface area contributed by atoms with E-state index in [0.29, 0.717) is 13.0 Å². The zero-order valence-electron chi connectivity index (χ0n) is 13.1. The maximum Gasteiger partial charge on any atom is 0.326 e. The highest BCUT2D eigenvalue weighted by molar-refractivity contribution is 8.00. The van der Waals surface area contributed by atoms with Crippen LogP contribution in [-0.2, 0) is 14.3 Å². The lowest BCUT2D eigenvalue weighted by molar-refractivity contribution is -0.387. The van der Waals surface area contributed by atoms with E-state index < -0.39 is 22.8 Å². The van der Waals surface area contributed by atoms with E-state index in [2.05, 4.69) is 5.32 Å². The Hall–Kier alpha value is -1.84. The van der Waals surface area contributed by atoms with Gasteiger partial charge in [0.15, 0.2) is 0 Å². The second kappa shape index (κ2) is 9.02. The number of rotatable bonds is 7. The number of nitrogens with one attached hydrogen (secondary N) is 1. The van der Waals surface area contributed by atoms with Gasteiger partial charge in [-0.25, -0.2) is 4.79 Å². The first-order valence-corrected chi connectivity index (χ1v) is 8.91. The molecule has 1 saturated heterocycles. The summed E-state index contributed by atoms with van der Waals surface area (Å²) in [6.45, 7) is 0.875. The van der Waals surface area contributed by atoms with E-state index in [9.17, 15) is 24.8 Å². The van der Waals surface area contributed by atoms with Gasteiger partial charge in [0.1, 0.15) is 6.04 Å². The van der Waals surface area contributed by atoms with Gasteiger partial charge in [0, 0.05) is 23.6 Å². The van der Waals surface area contributed by atoms with Crippen molar-refractivity contribution < 1.29 is 24.4 Å². The van der Waals surface area contributed by atoms with E-state index in [4.69, 9.17) is 16.3 Å². The number of hydrogen-bond donors (Lipinski definition) is 2. The van der Waals surface area contributed by atoms with Gasteiger partial charge in [0.2, 0.25) is 5.91 Å². The van der Waals surface area contributed by atoms with Gasteiger partial charge in [-0.05, 0) is 25.0 Å². The maximum absolute atomic E-state index is 12.1. The molecule has 136 valence electrons. The number of nitrogens with zero attached hydrogens (tertiary/aromatic N) is 1. The highest BCUT2D eigenvalue weighted by Crippen LogP contribution is 2.31. The predicted molar refractivity (Wildman–Crippen MR) is 91.9 cm³/mol. The van der Waals surface area contributed by atoms with Gasteiger partial charge in [-0.1, -0.05) is 11.6 Å². The lowest BCUT2D eigenvalue weighted by Crippen LogP contribution is -2.48. The molecule has 8 nitrogen and oxygen atoms in total. The minimum atomic E-state index is -1.12. The molecule has 2 N–H and O–H groups in total. The molecule has 1 aliphatic rings. The molecule has 1 amide bonds. The van der Waals surface area contributed by atoms with Crippen molar-refractivity contribution in [2.45, 2.75) is 23.8 Å². The van der Waals surface area contributed by atoms with Crippen LogP contribution in [0.4, 0.5) is 5.69 Å². The maximum atomic E-state index is 12.1. The van der Waals surface area contributed by atoms with E-state index >= 15 is 0 Å². The zero-order valence-corrected chi connectivity index (χ0v) is 14.7. The van der Waals surface area contributed by atoms with Crippen molar-refractivity contribution in [3.05, 3.63) is 33.3 Å². The average molecular weight is 389 g/mol. The highest BCUT2D eigenvalue weighted by atomic mass is 35.5. The summed E-state index contributed by atoms with van der Waals surface area (Å²) in [6.07, 6.45) is 1.41. The molecule has 0 bridgehead atoms. The second-order valence-electron chi connectivity index (χ2n) is 5.52. The highest BCUT2D eigenvalue weighted by Gasteiger charge is 2.31. The summed E-state index contributed by atoms with van der Waals surface area (Å²) in [7, 11) is 0. The van der Waals surface area contributed by atoms with Crippen molar-refractivity contribution in [3.8, 4) is 0 Å². The predicted octanol–water partition coefficient (Wildman–Crippen LogP) is 2.34. The van der Waals surface area contributed by atoms with Crippen LogP contribution in [0, 0.1) is 16.0 Å². The SMILES string of the molecule is O=C(CSc1ccc(Cl)cc1[N+](=O)[O-])NC(C(=O)O)C1CCCOC1. The first-order valence-electron chi connectivity index (χ1n) is 7.55. The van der Waals surface area contributed by atoms with Crippen LogP contribution in [0.3, 0.4) is 0 Å². The topological polar surface area (TPSA) is 119 Å². The molecular formula is C15H17ClN2O6S. The third kappa shape index (κ3) is 5.58. The molecule has 1 aromatic carbocycles. The number of carbonyl (C=O) groups excluding carboxylic acids is 1. The van der Waals surface area contributed by atoms with Gasteiger partial charge in [-0.2, -0.15) is 0 Å². The van der Waals surface area contributed by atoms with Gasteiger partial charge >= 0.3 is 5.97 Å². The quantitative estimate of drug-likeness (QED) is 0.418. The molecule has 0 spiro atoms. The van der Waals surface area contributed by atoms with Crippen molar-refractivity contribution in [3.63, 3.8) is 0 Å². The lowest BCUT2D eigenvalue weighted by Gasteiger charge is -2.28. The molecule has 1 aromatic rings. The number of amides is 1.